The Morgan fingerprint density at radius 1 is 0.677 bits per heavy atom. The molecule has 4 amide bonds. The highest BCUT2D eigenvalue weighted by atomic mass is 16.2. The summed E-state index contributed by atoms with van der Waals surface area (Å²) in [5.74, 6) is 1.52. The van der Waals surface area contributed by atoms with Crippen LogP contribution in [0.4, 0.5) is 9.59 Å². The van der Waals surface area contributed by atoms with E-state index in [1.807, 2.05) is 5.01 Å². The Morgan fingerprint density at radius 2 is 1.23 bits per heavy atom. The van der Waals surface area contributed by atoms with Crippen LogP contribution in [-0.4, -0.2) is 66.1 Å². The van der Waals surface area contributed by atoms with Crippen molar-refractivity contribution in [2.75, 3.05) is 39.3 Å². The van der Waals surface area contributed by atoms with Crippen LogP contribution >= 0.6 is 0 Å². The fourth-order valence-corrected chi connectivity index (χ4v) is 5.43. The molecule has 2 saturated carbocycles. The van der Waals surface area contributed by atoms with Crippen LogP contribution in [0.3, 0.4) is 0 Å². The van der Waals surface area contributed by atoms with Gasteiger partial charge in [-0.15, -0.1) is 5.01 Å². The van der Waals surface area contributed by atoms with Crippen LogP contribution in [0.25, 0.3) is 0 Å². The van der Waals surface area contributed by atoms with E-state index in [0.717, 1.165) is 94.6 Å². The fraction of sp³-hybridized carbons (Fsp3) is 0.920. The molecule has 2 saturated heterocycles. The first kappa shape index (κ1) is 22.9. The highest BCUT2D eigenvalue weighted by Gasteiger charge is 2.39. The quantitative estimate of drug-likeness (QED) is 0.642. The Bertz CT molecular complexity index is 574. The highest BCUT2D eigenvalue weighted by molar-refractivity contribution is 5.75. The molecular weight excluding hydrogens is 388 g/mol. The third-order valence-electron chi connectivity index (χ3n) is 8.05. The van der Waals surface area contributed by atoms with Gasteiger partial charge >= 0.3 is 12.1 Å². The smallest absolute Gasteiger partial charge is 0.321 e. The molecule has 2 heterocycles. The van der Waals surface area contributed by atoms with Crippen LogP contribution < -0.4 is 5.01 Å². The molecule has 0 spiro atoms. The van der Waals surface area contributed by atoms with Gasteiger partial charge in [0, 0.05) is 32.6 Å². The molecule has 176 valence electrons. The zero-order valence-corrected chi connectivity index (χ0v) is 19.7. The van der Waals surface area contributed by atoms with E-state index in [1.54, 1.807) is 0 Å². The summed E-state index contributed by atoms with van der Waals surface area (Å²) >= 11 is 0. The van der Waals surface area contributed by atoms with Gasteiger partial charge in [-0.2, -0.15) is 5.01 Å². The van der Waals surface area contributed by atoms with Crippen LogP contribution in [0.15, 0.2) is 0 Å². The van der Waals surface area contributed by atoms with E-state index in [4.69, 9.17) is 0 Å². The Kier molecular flexibility index (Phi) is 8.51. The van der Waals surface area contributed by atoms with E-state index in [-0.39, 0.29) is 12.1 Å². The summed E-state index contributed by atoms with van der Waals surface area (Å²) in [6.45, 7) is 4.95. The predicted octanol–water partition coefficient (Wildman–Crippen LogP) is 4.07. The van der Waals surface area contributed by atoms with Crippen molar-refractivity contribution in [3.05, 3.63) is 0 Å². The summed E-state index contributed by atoms with van der Waals surface area (Å²) in [4.78, 5) is 31.7. The van der Waals surface area contributed by atoms with Gasteiger partial charge < -0.3 is 4.90 Å². The van der Waals surface area contributed by atoms with Gasteiger partial charge in [0.15, 0.2) is 0 Å². The van der Waals surface area contributed by atoms with E-state index in [9.17, 15) is 9.59 Å². The van der Waals surface area contributed by atoms with Gasteiger partial charge in [-0.3, -0.25) is 4.90 Å². The van der Waals surface area contributed by atoms with E-state index in [2.05, 4.69) is 9.80 Å². The zero-order valence-electron chi connectivity index (χ0n) is 19.7. The minimum absolute atomic E-state index is 0.120. The molecule has 0 bridgehead atoms. The van der Waals surface area contributed by atoms with Crippen molar-refractivity contribution in [1.82, 2.24) is 14.8 Å². The van der Waals surface area contributed by atoms with Gasteiger partial charge in [-0.1, -0.05) is 57.8 Å². The molecule has 4 fully saturated rings. The summed E-state index contributed by atoms with van der Waals surface area (Å²) in [5, 5.41) is 2.79. The molecule has 0 aromatic carbocycles. The van der Waals surface area contributed by atoms with Crippen molar-refractivity contribution in [3.63, 3.8) is 0 Å². The van der Waals surface area contributed by atoms with Crippen molar-refractivity contribution in [1.29, 1.82) is 0 Å². The van der Waals surface area contributed by atoms with Crippen molar-refractivity contribution in [3.8, 4) is 0 Å². The lowest BCUT2D eigenvalue weighted by molar-refractivity contribution is -0.932. The summed E-state index contributed by atoms with van der Waals surface area (Å²) in [6, 6.07) is 0.287. The van der Waals surface area contributed by atoms with Crippen LogP contribution in [0.2, 0.25) is 0 Å². The standard InChI is InChI=1S/C25H44N4O2/c30-24(26-16-5-1-2-6-17-26)28(20-14-22-10-9-11-22)29(21-15-23-12-13-23)25(31)27-18-7-3-4-8-19-27/h22-23H,1-21H2/p+1. The van der Waals surface area contributed by atoms with Gasteiger partial charge in [0.25, 0.3) is 0 Å². The molecule has 0 aromatic rings. The van der Waals surface area contributed by atoms with Crippen LogP contribution in [-0.2, 0) is 0 Å². The second-order valence-corrected chi connectivity index (χ2v) is 10.6. The number of nitrogens with zero attached hydrogens (tertiary/aromatic N) is 3. The molecule has 0 radical (unpaired) electrons. The van der Waals surface area contributed by atoms with Gasteiger partial charge in [0.1, 0.15) is 6.54 Å². The predicted molar refractivity (Wildman–Crippen MR) is 123 cm³/mol. The summed E-state index contributed by atoms with van der Waals surface area (Å²) in [7, 11) is 0. The number of amides is 4. The van der Waals surface area contributed by atoms with Gasteiger partial charge in [0.2, 0.25) is 0 Å². The normalized spacial score (nSPS) is 24.1. The first-order valence-electron chi connectivity index (χ1n) is 13.4. The fourth-order valence-electron chi connectivity index (χ4n) is 5.43. The summed E-state index contributed by atoms with van der Waals surface area (Å²) in [6.07, 6.45) is 17.9. The maximum atomic E-state index is 13.8. The zero-order chi connectivity index (χ0) is 21.5. The van der Waals surface area contributed by atoms with Crippen molar-refractivity contribution in [2.24, 2.45) is 11.8 Å². The molecule has 1 atom stereocenters. The monoisotopic (exact) mass is 433 g/mol. The first-order valence-corrected chi connectivity index (χ1v) is 13.4. The molecule has 4 aliphatic rings. The molecular formula is C25H45N4O2+. The number of rotatable bonds is 6. The van der Waals surface area contributed by atoms with Crippen LogP contribution in [0.5, 0.6) is 0 Å². The van der Waals surface area contributed by atoms with Crippen LogP contribution in [0.1, 0.15) is 96.3 Å². The highest BCUT2D eigenvalue weighted by Crippen LogP contribution is 2.32. The molecule has 1 N–H and O–H groups in total. The lowest BCUT2D eigenvalue weighted by Crippen LogP contribution is -3.22. The van der Waals surface area contributed by atoms with E-state index < -0.39 is 0 Å². The number of quaternary nitrogens is 1. The van der Waals surface area contributed by atoms with Crippen molar-refractivity contribution >= 4 is 12.1 Å². The SMILES string of the molecule is O=C(N1CCCCCC1)N(CCC1CC1)[NH+](CCC1CCC1)C(=O)N1CCCCCC1. The van der Waals surface area contributed by atoms with Gasteiger partial charge in [0.05, 0.1) is 6.54 Å². The lowest BCUT2D eigenvalue weighted by atomic mass is 9.83. The molecule has 4 rings (SSSR count). The van der Waals surface area contributed by atoms with E-state index in [1.165, 1.54) is 57.8 Å². The first-order chi connectivity index (χ1) is 15.2. The number of carbonyl (C=O) groups is 2. The third kappa shape index (κ3) is 6.59. The molecule has 2 aliphatic carbocycles. The number of carbonyl (C=O) groups excluding carboxylic acids is 2. The second kappa shape index (κ2) is 11.5. The van der Waals surface area contributed by atoms with E-state index in [0.29, 0.717) is 0 Å². The molecule has 2 aliphatic heterocycles. The van der Waals surface area contributed by atoms with Gasteiger partial charge in [-0.05, 0) is 43.9 Å². The number of urea groups is 2. The maximum absolute atomic E-state index is 13.8. The summed E-state index contributed by atoms with van der Waals surface area (Å²) < 4.78 is 0. The largest absolute Gasteiger partial charge is 0.442 e. The number of hydrogen-bond donors (Lipinski definition) is 1. The lowest BCUT2D eigenvalue weighted by Gasteiger charge is -2.36. The number of nitrogens with one attached hydrogen (secondary N) is 1. The average molecular weight is 434 g/mol. The topological polar surface area (TPSA) is 48.3 Å². The van der Waals surface area contributed by atoms with Crippen LogP contribution in [0, 0.1) is 11.8 Å². The third-order valence-corrected chi connectivity index (χ3v) is 8.05. The summed E-state index contributed by atoms with van der Waals surface area (Å²) in [5.41, 5.74) is 0. The molecule has 0 aromatic heterocycles. The molecule has 6 nitrogen and oxygen atoms in total. The van der Waals surface area contributed by atoms with Crippen molar-refractivity contribution in [2.45, 2.75) is 96.3 Å². The number of likely N-dealkylation sites (tertiary alicyclic amines) is 2. The van der Waals surface area contributed by atoms with Crippen molar-refractivity contribution < 1.29 is 14.6 Å². The minimum atomic E-state index is 0.120. The Balaban J connectivity index is 1.50. The van der Waals surface area contributed by atoms with E-state index >= 15 is 0 Å². The second-order valence-electron chi connectivity index (χ2n) is 10.6. The Labute approximate surface area is 189 Å². The Morgan fingerprint density at radius 3 is 1.74 bits per heavy atom. The average Bonchev–Trinajstić information content (AvgIpc) is 3.59. The number of hydrogen-bond acceptors (Lipinski definition) is 2. The Hall–Kier alpha value is -1.30. The molecule has 1 unspecified atom stereocenters. The molecule has 6 heteroatoms. The maximum Gasteiger partial charge on any atom is 0.442 e. The van der Waals surface area contributed by atoms with Gasteiger partial charge in [-0.25, -0.2) is 9.59 Å². The minimum Gasteiger partial charge on any atom is -0.321 e. The molecule has 31 heavy (non-hydrogen) atoms.